The van der Waals surface area contributed by atoms with E-state index in [-0.39, 0.29) is 0 Å². The van der Waals surface area contributed by atoms with Crippen LogP contribution < -0.4 is 5.19 Å². The summed E-state index contributed by atoms with van der Waals surface area (Å²) in [7, 11) is 3.71. The van der Waals surface area contributed by atoms with E-state index in [0.717, 1.165) is 6.42 Å². The minimum Gasteiger partial charge on any atom is -0.354 e. The molecule has 2 heteroatoms. The fourth-order valence-electron chi connectivity index (χ4n) is 2.96. The Morgan fingerprint density at radius 1 is 1.11 bits per heavy atom. The van der Waals surface area contributed by atoms with Crippen LogP contribution in [0.1, 0.15) is 16.7 Å². The summed E-state index contributed by atoms with van der Waals surface area (Å²) in [5.41, 5.74) is 8.04. The standard InChI is InChI=1S/C16H12NSi/c1-9-5-6-14-11(7-9)13-8-12-10(16(13)17-14)3-2-4-15(12)18/h2-7,17H,8H2,1H3. The number of nitrogens with one attached hydrogen (secondary N) is 1. The molecule has 1 N–H and O–H groups in total. The summed E-state index contributed by atoms with van der Waals surface area (Å²) >= 11 is 0. The SMILES string of the molecule is Cc1ccc2[nH]c3c(c2c1)Cc1c([Si])cccc1-3. The second-order valence-corrected chi connectivity index (χ2v) is 5.57. The second-order valence-electron chi connectivity index (χ2n) is 5.04. The van der Waals surface area contributed by atoms with Gasteiger partial charge in [0.15, 0.2) is 0 Å². The fourth-order valence-corrected chi connectivity index (χ4v) is 3.28. The topological polar surface area (TPSA) is 15.8 Å². The van der Waals surface area contributed by atoms with Crippen molar-refractivity contribution in [3.05, 3.63) is 53.1 Å². The normalized spacial score (nSPS) is 12.8. The molecule has 1 heterocycles. The van der Waals surface area contributed by atoms with Crippen molar-refractivity contribution in [2.45, 2.75) is 13.3 Å². The van der Waals surface area contributed by atoms with Gasteiger partial charge in [-0.3, -0.25) is 0 Å². The molecular weight excluding hydrogens is 234 g/mol. The quantitative estimate of drug-likeness (QED) is 0.459. The molecule has 0 amide bonds. The van der Waals surface area contributed by atoms with Crippen LogP contribution in [0.4, 0.5) is 0 Å². The first kappa shape index (κ1) is 10.2. The average molecular weight is 246 g/mol. The van der Waals surface area contributed by atoms with Crippen LogP contribution >= 0.6 is 0 Å². The average Bonchev–Trinajstić information content (AvgIpc) is 2.87. The van der Waals surface area contributed by atoms with E-state index in [1.807, 2.05) is 0 Å². The zero-order valence-electron chi connectivity index (χ0n) is 10.2. The summed E-state index contributed by atoms with van der Waals surface area (Å²) < 4.78 is 0. The van der Waals surface area contributed by atoms with Crippen LogP contribution in [0.3, 0.4) is 0 Å². The number of aromatic nitrogens is 1. The predicted molar refractivity (Wildman–Crippen MR) is 76.7 cm³/mol. The number of rotatable bonds is 0. The number of fused-ring (bicyclic) bond motifs is 5. The van der Waals surface area contributed by atoms with Gasteiger partial charge in [-0.25, -0.2) is 0 Å². The van der Waals surface area contributed by atoms with Gasteiger partial charge in [-0.15, -0.1) is 0 Å². The molecule has 4 rings (SSSR count). The van der Waals surface area contributed by atoms with Crippen LogP contribution in [0.15, 0.2) is 36.4 Å². The molecule has 85 valence electrons. The number of hydrogen-bond donors (Lipinski definition) is 1. The van der Waals surface area contributed by atoms with Gasteiger partial charge >= 0.3 is 0 Å². The molecule has 0 unspecified atom stereocenters. The summed E-state index contributed by atoms with van der Waals surface area (Å²) in [6.45, 7) is 2.15. The first-order valence-electron chi connectivity index (χ1n) is 6.19. The number of hydrogen-bond acceptors (Lipinski definition) is 0. The number of H-pyrrole nitrogens is 1. The molecule has 18 heavy (non-hydrogen) atoms. The molecule has 3 aromatic rings. The Kier molecular flexibility index (Phi) is 1.89. The summed E-state index contributed by atoms with van der Waals surface area (Å²) in [5.74, 6) is 0. The van der Waals surface area contributed by atoms with E-state index >= 15 is 0 Å². The molecule has 0 bridgehead atoms. The minimum atomic E-state index is 1.02. The molecule has 0 spiro atoms. The van der Waals surface area contributed by atoms with E-state index < -0.39 is 0 Å². The first-order chi connectivity index (χ1) is 8.74. The van der Waals surface area contributed by atoms with Crippen molar-refractivity contribution in [3.8, 4) is 11.3 Å². The largest absolute Gasteiger partial charge is 0.354 e. The molecule has 1 aliphatic rings. The highest BCUT2D eigenvalue weighted by molar-refractivity contribution is 6.34. The van der Waals surface area contributed by atoms with Gasteiger partial charge in [-0.2, -0.15) is 0 Å². The van der Waals surface area contributed by atoms with Gasteiger partial charge in [-0.05, 0) is 30.2 Å². The Balaban J connectivity index is 2.08. The number of benzene rings is 2. The molecule has 0 saturated heterocycles. The maximum atomic E-state index is 3.71. The third-order valence-electron chi connectivity index (χ3n) is 3.86. The Morgan fingerprint density at radius 2 is 2.00 bits per heavy atom. The van der Waals surface area contributed by atoms with Gasteiger partial charge in [0.05, 0.1) is 15.9 Å². The highest BCUT2D eigenvalue weighted by Gasteiger charge is 2.23. The van der Waals surface area contributed by atoms with E-state index in [0.29, 0.717) is 0 Å². The van der Waals surface area contributed by atoms with Gasteiger partial charge in [0, 0.05) is 22.9 Å². The van der Waals surface area contributed by atoms with Crippen LogP contribution in [0, 0.1) is 6.92 Å². The smallest absolute Gasteiger partial charge is 0.0716 e. The lowest BCUT2D eigenvalue weighted by atomic mass is 10.1. The van der Waals surface area contributed by atoms with Gasteiger partial charge in [0.2, 0.25) is 0 Å². The van der Waals surface area contributed by atoms with Crippen LogP contribution in [-0.2, 0) is 6.42 Å². The Labute approximate surface area is 109 Å². The highest BCUT2D eigenvalue weighted by atomic mass is 28.1. The minimum absolute atomic E-state index is 1.02. The lowest BCUT2D eigenvalue weighted by Gasteiger charge is -2.03. The molecule has 1 nitrogen and oxygen atoms in total. The Morgan fingerprint density at radius 3 is 2.89 bits per heavy atom. The van der Waals surface area contributed by atoms with Crippen LogP contribution in [-0.4, -0.2) is 15.2 Å². The first-order valence-corrected chi connectivity index (χ1v) is 6.69. The molecule has 0 fully saturated rings. The molecule has 2 aromatic carbocycles. The van der Waals surface area contributed by atoms with Crippen molar-refractivity contribution in [3.63, 3.8) is 0 Å². The van der Waals surface area contributed by atoms with E-state index in [2.05, 4.69) is 58.5 Å². The zero-order chi connectivity index (χ0) is 12.3. The lowest BCUT2D eigenvalue weighted by molar-refractivity contribution is 1.30. The Bertz CT molecular complexity index is 783. The van der Waals surface area contributed by atoms with Gasteiger partial charge in [-0.1, -0.05) is 35.0 Å². The third-order valence-corrected chi connectivity index (χ3v) is 4.33. The van der Waals surface area contributed by atoms with Gasteiger partial charge in [0.1, 0.15) is 0 Å². The number of aryl methyl sites for hydroxylation is 1. The second kappa shape index (κ2) is 3.36. The van der Waals surface area contributed by atoms with E-state index in [4.69, 9.17) is 0 Å². The van der Waals surface area contributed by atoms with Crippen LogP contribution in [0.25, 0.3) is 22.2 Å². The van der Waals surface area contributed by atoms with Crippen molar-refractivity contribution in [2.75, 3.05) is 0 Å². The highest BCUT2D eigenvalue weighted by Crippen LogP contribution is 2.39. The van der Waals surface area contributed by atoms with E-state index in [1.54, 1.807) is 0 Å². The summed E-state index contributed by atoms with van der Waals surface area (Å²) in [6.07, 6.45) is 1.02. The summed E-state index contributed by atoms with van der Waals surface area (Å²) in [5, 5.41) is 2.57. The van der Waals surface area contributed by atoms with Crippen molar-refractivity contribution >= 4 is 26.3 Å². The summed E-state index contributed by atoms with van der Waals surface area (Å²) in [4.78, 5) is 3.57. The van der Waals surface area contributed by atoms with Crippen LogP contribution in [0.2, 0.25) is 0 Å². The molecule has 1 aliphatic carbocycles. The fraction of sp³-hybridized carbons (Fsp3) is 0.125. The molecule has 0 atom stereocenters. The van der Waals surface area contributed by atoms with Gasteiger partial charge < -0.3 is 4.98 Å². The predicted octanol–water partition coefficient (Wildman–Crippen LogP) is 2.84. The summed E-state index contributed by atoms with van der Waals surface area (Å²) in [6, 6.07) is 13.1. The Hall–Kier alpha value is -1.80. The van der Waals surface area contributed by atoms with Crippen molar-refractivity contribution in [1.29, 1.82) is 0 Å². The van der Waals surface area contributed by atoms with Crippen LogP contribution in [0.5, 0.6) is 0 Å². The third kappa shape index (κ3) is 1.21. The number of aromatic amines is 1. The monoisotopic (exact) mass is 246 g/mol. The lowest BCUT2D eigenvalue weighted by Crippen LogP contribution is -2.08. The molecule has 3 radical (unpaired) electrons. The maximum absolute atomic E-state index is 3.71. The maximum Gasteiger partial charge on any atom is 0.0716 e. The molecule has 1 aromatic heterocycles. The van der Waals surface area contributed by atoms with Crippen molar-refractivity contribution < 1.29 is 0 Å². The molecule has 0 saturated carbocycles. The van der Waals surface area contributed by atoms with Crippen molar-refractivity contribution in [1.82, 2.24) is 4.98 Å². The van der Waals surface area contributed by atoms with E-state index in [9.17, 15) is 0 Å². The molecule has 0 aliphatic heterocycles. The zero-order valence-corrected chi connectivity index (χ0v) is 11.2. The van der Waals surface area contributed by atoms with Crippen molar-refractivity contribution in [2.24, 2.45) is 0 Å². The van der Waals surface area contributed by atoms with Gasteiger partial charge in [0.25, 0.3) is 0 Å². The van der Waals surface area contributed by atoms with E-state index in [1.165, 1.54) is 44.0 Å². The molecular formula is C16H12NSi.